The highest BCUT2D eigenvalue weighted by molar-refractivity contribution is 7.98. The number of thioether (sulfide) groups is 1. The Morgan fingerprint density at radius 2 is 2.05 bits per heavy atom. The summed E-state index contributed by atoms with van der Waals surface area (Å²) in [5, 5.41) is 2.77. The van der Waals surface area contributed by atoms with E-state index in [1.54, 1.807) is 11.8 Å². The number of hydrogen-bond donors (Lipinski definition) is 1. The van der Waals surface area contributed by atoms with Crippen LogP contribution >= 0.6 is 11.8 Å². The standard InChI is InChI=1S/C16H22N2O2S/c1-12-6-3-4-7-13(12)8-5-10-18-15(19)14(9-11-21-2)17-16(18)20/h3-4,6-7,14H,5,8-11H2,1-2H3,(H,17,20)/t14-/m1/s1. The second-order valence-corrected chi connectivity index (χ2v) is 6.29. The first-order valence-corrected chi connectivity index (χ1v) is 8.68. The molecule has 0 bridgehead atoms. The fraction of sp³-hybridized carbons (Fsp3) is 0.500. The number of amides is 3. The number of hydrogen-bond acceptors (Lipinski definition) is 3. The van der Waals surface area contributed by atoms with Gasteiger partial charge in [-0.2, -0.15) is 11.8 Å². The second kappa shape index (κ2) is 7.50. The van der Waals surface area contributed by atoms with Crippen LogP contribution in [0.3, 0.4) is 0 Å². The minimum absolute atomic E-state index is 0.0705. The van der Waals surface area contributed by atoms with Crippen molar-refractivity contribution in [2.45, 2.75) is 32.2 Å². The van der Waals surface area contributed by atoms with E-state index in [9.17, 15) is 9.59 Å². The Morgan fingerprint density at radius 1 is 1.29 bits per heavy atom. The molecule has 1 aromatic rings. The molecule has 3 amide bonds. The fourth-order valence-electron chi connectivity index (χ4n) is 2.54. The molecule has 1 fully saturated rings. The molecule has 21 heavy (non-hydrogen) atoms. The van der Waals surface area contributed by atoms with Gasteiger partial charge in [0.1, 0.15) is 6.04 Å². The lowest BCUT2D eigenvalue weighted by atomic mass is 10.0. The van der Waals surface area contributed by atoms with Gasteiger partial charge in [-0.15, -0.1) is 0 Å². The molecule has 5 heteroatoms. The number of carbonyl (C=O) groups is 2. The summed E-state index contributed by atoms with van der Waals surface area (Å²) in [6.45, 7) is 2.58. The Balaban J connectivity index is 1.84. The Bertz CT molecular complexity index is 519. The smallest absolute Gasteiger partial charge is 0.324 e. The van der Waals surface area contributed by atoms with Crippen LogP contribution in [0, 0.1) is 6.92 Å². The van der Waals surface area contributed by atoms with Crippen molar-refractivity contribution >= 4 is 23.7 Å². The minimum Gasteiger partial charge on any atom is -0.326 e. The molecule has 2 rings (SSSR count). The third-order valence-electron chi connectivity index (χ3n) is 3.81. The predicted octanol–water partition coefficient (Wildman–Crippen LogP) is 2.60. The van der Waals surface area contributed by atoms with Crippen LogP contribution in [0.1, 0.15) is 24.0 Å². The molecule has 1 atom stereocenters. The molecule has 1 saturated heterocycles. The second-order valence-electron chi connectivity index (χ2n) is 5.30. The van der Waals surface area contributed by atoms with E-state index in [-0.39, 0.29) is 18.0 Å². The lowest BCUT2D eigenvalue weighted by molar-refractivity contribution is -0.127. The SMILES string of the molecule is CSCC[C@H]1NC(=O)N(CCCc2ccccc2C)C1=O. The average molecular weight is 306 g/mol. The first-order valence-electron chi connectivity index (χ1n) is 7.29. The van der Waals surface area contributed by atoms with Crippen molar-refractivity contribution < 1.29 is 9.59 Å². The normalized spacial score (nSPS) is 18.2. The Labute approximate surface area is 130 Å². The van der Waals surface area contributed by atoms with Crippen LogP contribution < -0.4 is 5.32 Å². The van der Waals surface area contributed by atoms with Crippen LogP contribution in [-0.4, -0.2) is 41.4 Å². The van der Waals surface area contributed by atoms with Crippen LogP contribution in [0.4, 0.5) is 4.79 Å². The molecule has 0 aromatic heterocycles. The number of urea groups is 1. The zero-order valence-corrected chi connectivity index (χ0v) is 13.4. The van der Waals surface area contributed by atoms with E-state index in [0.717, 1.165) is 18.6 Å². The van der Waals surface area contributed by atoms with Gasteiger partial charge < -0.3 is 5.32 Å². The summed E-state index contributed by atoms with van der Waals surface area (Å²) in [5.41, 5.74) is 2.54. The van der Waals surface area contributed by atoms with E-state index in [1.165, 1.54) is 16.0 Å². The van der Waals surface area contributed by atoms with Gasteiger partial charge in [0.05, 0.1) is 0 Å². The minimum atomic E-state index is -0.330. The summed E-state index contributed by atoms with van der Waals surface area (Å²) < 4.78 is 0. The zero-order chi connectivity index (χ0) is 15.2. The molecular formula is C16H22N2O2S. The monoisotopic (exact) mass is 306 g/mol. The molecule has 0 radical (unpaired) electrons. The number of benzene rings is 1. The molecule has 4 nitrogen and oxygen atoms in total. The van der Waals surface area contributed by atoms with Crippen LogP contribution in [-0.2, 0) is 11.2 Å². The molecule has 1 aliphatic heterocycles. The van der Waals surface area contributed by atoms with Gasteiger partial charge >= 0.3 is 6.03 Å². The highest BCUT2D eigenvalue weighted by Crippen LogP contribution is 2.14. The van der Waals surface area contributed by atoms with Gasteiger partial charge in [0, 0.05) is 6.54 Å². The molecule has 1 heterocycles. The molecule has 1 aliphatic rings. The number of imide groups is 1. The largest absolute Gasteiger partial charge is 0.326 e. The zero-order valence-electron chi connectivity index (χ0n) is 12.6. The first kappa shape index (κ1) is 15.9. The molecule has 0 unspecified atom stereocenters. The summed E-state index contributed by atoms with van der Waals surface area (Å²) >= 11 is 1.69. The van der Waals surface area contributed by atoms with E-state index >= 15 is 0 Å². The number of nitrogens with zero attached hydrogens (tertiary/aromatic N) is 1. The van der Waals surface area contributed by atoms with E-state index in [4.69, 9.17) is 0 Å². The van der Waals surface area contributed by atoms with Gasteiger partial charge in [-0.1, -0.05) is 24.3 Å². The molecule has 1 N–H and O–H groups in total. The molecule has 0 saturated carbocycles. The Kier molecular flexibility index (Phi) is 5.67. The quantitative estimate of drug-likeness (QED) is 0.788. The van der Waals surface area contributed by atoms with Gasteiger partial charge in [0.25, 0.3) is 5.91 Å². The van der Waals surface area contributed by atoms with Crippen LogP contribution in [0.5, 0.6) is 0 Å². The number of aryl methyl sites for hydroxylation is 2. The highest BCUT2D eigenvalue weighted by Gasteiger charge is 2.36. The number of rotatable bonds is 7. The molecule has 0 spiro atoms. The first-order chi connectivity index (χ1) is 10.1. The van der Waals surface area contributed by atoms with E-state index in [1.807, 2.05) is 18.4 Å². The van der Waals surface area contributed by atoms with Crippen molar-refractivity contribution in [2.75, 3.05) is 18.6 Å². The summed E-state index contributed by atoms with van der Waals surface area (Å²) in [6, 6.07) is 7.66. The van der Waals surface area contributed by atoms with Gasteiger partial charge in [-0.05, 0) is 49.3 Å². The van der Waals surface area contributed by atoms with Crippen molar-refractivity contribution in [3.63, 3.8) is 0 Å². The Hall–Kier alpha value is -1.49. The van der Waals surface area contributed by atoms with Crippen molar-refractivity contribution in [1.82, 2.24) is 10.2 Å². The van der Waals surface area contributed by atoms with E-state index in [0.29, 0.717) is 13.0 Å². The number of nitrogens with one attached hydrogen (secondary N) is 1. The van der Waals surface area contributed by atoms with E-state index in [2.05, 4.69) is 24.4 Å². The van der Waals surface area contributed by atoms with Crippen molar-refractivity contribution in [3.8, 4) is 0 Å². The highest BCUT2D eigenvalue weighted by atomic mass is 32.2. The Morgan fingerprint density at radius 3 is 2.76 bits per heavy atom. The summed E-state index contributed by atoms with van der Waals surface area (Å²) in [4.78, 5) is 25.4. The maximum Gasteiger partial charge on any atom is 0.324 e. The van der Waals surface area contributed by atoms with Crippen LogP contribution in [0.2, 0.25) is 0 Å². The molecule has 1 aromatic carbocycles. The lowest BCUT2D eigenvalue weighted by Gasteiger charge is -2.13. The maximum absolute atomic E-state index is 12.2. The number of carbonyl (C=O) groups excluding carboxylic acids is 2. The topological polar surface area (TPSA) is 49.4 Å². The lowest BCUT2D eigenvalue weighted by Crippen LogP contribution is -2.32. The molecular weight excluding hydrogens is 284 g/mol. The van der Waals surface area contributed by atoms with Crippen LogP contribution in [0.15, 0.2) is 24.3 Å². The fourth-order valence-corrected chi connectivity index (χ4v) is 3.01. The van der Waals surface area contributed by atoms with Gasteiger partial charge in [-0.3, -0.25) is 9.69 Å². The van der Waals surface area contributed by atoms with Gasteiger partial charge in [-0.25, -0.2) is 4.79 Å². The molecule has 0 aliphatic carbocycles. The summed E-state index contributed by atoms with van der Waals surface area (Å²) in [7, 11) is 0. The van der Waals surface area contributed by atoms with Crippen molar-refractivity contribution in [3.05, 3.63) is 35.4 Å². The van der Waals surface area contributed by atoms with E-state index < -0.39 is 0 Å². The summed E-state index contributed by atoms with van der Waals surface area (Å²) in [5.74, 6) is 0.812. The van der Waals surface area contributed by atoms with Gasteiger partial charge in [0.2, 0.25) is 0 Å². The van der Waals surface area contributed by atoms with Crippen molar-refractivity contribution in [2.24, 2.45) is 0 Å². The molecule has 114 valence electrons. The maximum atomic E-state index is 12.2. The third kappa shape index (κ3) is 4.00. The predicted molar refractivity (Wildman–Crippen MR) is 86.5 cm³/mol. The van der Waals surface area contributed by atoms with Gasteiger partial charge in [0.15, 0.2) is 0 Å². The average Bonchev–Trinajstić information content (AvgIpc) is 2.74. The third-order valence-corrected chi connectivity index (χ3v) is 4.45. The summed E-state index contributed by atoms with van der Waals surface area (Å²) in [6.07, 6.45) is 4.40. The van der Waals surface area contributed by atoms with Crippen LogP contribution in [0.25, 0.3) is 0 Å². The van der Waals surface area contributed by atoms with Crippen molar-refractivity contribution in [1.29, 1.82) is 0 Å².